The Morgan fingerprint density at radius 1 is 1.04 bits per heavy atom. The van der Waals surface area contributed by atoms with Crippen molar-refractivity contribution in [3.8, 4) is 0 Å². The van der Waals surface area contributed by atoms with E-state index in [1.807, 2.05) is 12.1 Å². The Morgan fingerprint density at radius 2 is 1.68 bits per heavy atom. The molecule has 25 heavy (non-hydrogen) atoms. The SMILES string of the molecule is O=C(Nc1cc(Cl)cc(Cl)c1)C1CC(=O)N(Cc2ccc(Cl)cc2)C1. The molecule has 2 aromatic rings. The highest BCUT2D eigenvalue weighted by molar-refractivity contribution is 6.35. The van der Waals surface area contributed by atoms with E-state index in [1.54, 1.807) is 35.2 Å². The summed E-state index contributed by atoms with van der Waals surface area (Å²) in [4.78, 5) is 26.3. The maximum atomic E-state index is 12.4. The van der Waals surface area contributed by atoms with Gasteiger partial charge in [-0.2, -0.15) is 0 Å². The van der Waals surface area contributed by atoms with Crippen LogP contribution in [-0.2, 0) is 16.1 Å². The van der Waals surface area contributed by atoms with Crippen molar-refractivity contribution in [3.63, 3.8) is 0 Å². The summed E-state index contributed by atoms with van der Waals surface area (Å²) < 4.78 is 0. The third kappa shape index (κ3) is 4.66. The molecular weight excluding hydrogens is 383 g/mol. The number of carbonyl (C=O) groups excluding carboxylic acids is 2. The van der Waals surface area contributed by atoms with Crippen LogP contribution in [0.15, 0.2) is 42.5 Å². The van der Waals surface area contributed by atoms with Crippen LogP contribution in [0, 0.1) is 5.92 Å². The van der Waals surface area contributed by atoms with Crippen molar-refractivity contribution < 1.29 is 9.59 Å². The number of rotatable bonds is 4. The molecule has 130 valence electrons. The lowest BCUT2D eigenvalue weighted by Crippen LogP contribution is -2.28. The van der Waals surface area contributed by atoms with E-state index in [4.69, 9.17) is 34.8 Å². The van der Waals surface area contributed by atoms with E-state index in [1.165, 1.54) is 0 Å². The monoisotopic (exact) mass is 396 g/mol. The van der Waals surface area contributed by atoms with Crippen LogP contribution < -0.4 is 5.32 Å². The number of nitrogens with one attached hydrogen (secondary N) is 1. The Labute approximate surface area is 160 Å². The van der Waals surface area contributed by atoms with E-state index in [0.29, 0.717) is 33.8 Å². The Morgan fingerprint density at radius 3 is 2.32 bits per heavy atom. The van der Waals surface area contributed by atoms with Gasteiger partial charge in [0.15, 0.2) is 0 Å². The van der Waals surface area contributed by atoms with Crippen molar-refractivity contribution in [2.45, 2.75) is 13.0 Å². The highest BCUT2D eigenvalue weighted by Gasteiger charge is 2.34. The van der Waals surface area contributed by atoms with Crippen LogP contribution in [0.3, 0.4) is 0 Å². The van der Waals surface area contributed by atoms with Crippen molar-refractivity contribution in [1.29, 1.82) is 0 Å². The van der Waals surface area contributed by atoms with Gasteiger partial charge in [0, 0.05) is 40.3 Å². The average molecular weight is 398 g/mol. The molecule has 1 heterocycles. The van der Waals surface area contributed by atoms with Crippen LogP contribution in [-0.4, -0.2) is 23.3 Å². The molecule has 7 heteroatoms. The quantitative estimate of drug-likeness (QED) is 0.817. The van der Waals surface area contributed by atoms with Crippen molar-refractivity contribution in [2.24, 2.45) is 5.92 Å². The van der Waals surface area contributed by atoms with Crippen molar-refractivity contribution in [2.75, 3.05) is 11.9 Å². The number of hydrogen-bond acceptors (Lipinski definition) is 2. The number of halogens is 3. The zero-order valence-corrected chi connectivity index (χ0v) is 15.4. The molecular formula is C18H15Cl3N2O2. The Hall–Kier alpha value is -1.75. The summed E-state index contributed by atoms with van der Waals surface area (Å²) in [5.74, 6) is -0.665. The van der Waals surface area contributed by atoms with Crippen LogP contribution in [0.2, 0.25) is 15.1 Å². The van der Waals surface area contributed by atoms with Gasteiger partial charge < -0.3 is 10.2 Å². The molecule has 1 aliphatic rings. The summed E-state index contributed by atoms with van der Waals surface area (Å²) >= 11 is 17.7. The molecule has 1 fully saturated rings. The van der Waals surface area contributed by atoms with Crippen LogP contribution in [0.5, 0.6) is 0 Å². The topological polar surface area (TPSA) is 49.4 Å². The molecule has 0 aliphatic carbocycles. The lowest BCUT2D eigenvalue weighted by atomic mass is 10.1. The third-order valence-corrected chi connectivity index (χ3v) is 4.69. The largest absolute Gasteiger partial charge is 0.338 e. The van der Waals surface area contributed by atoms with E-state index in [0.717, 1.165) is 5.56 Å². The molecule has 1 unspecified atom stereocenters. The van der Waals surface area contributed by atoms with E-state index < -0.39 is 5.92 Å². The molecule has 1 aliphatic heterocycles. The van der Waals surface area contributed by atoms with Crippen LogP contribution in [0.1, 0.15) is 12.0 Å². The van der Waals surface area contributed by atoms with Gasteiger partial charge in [0.25, 0.3) is 0 Å². The molecule has 0 bridgehead atoms. The van der Waals surface area contributed by atoms with Gasteiger partial charge >= 0.3 is 0 Å². The van der Waals surface area contributed by atoms with Gasteiger partial charge in [0.1, 0.15) is 0 Å². The number of hydrogen-bond donors (Lipinski definition) is 1. The minimum atomic E-state index is -0.405. The van der Waals surface area contributed by atoms with Gasteiger partial charge in [-0.25, -0.2) is 0 Å². The maximum Gasteiger partial charge on any atom is 0.229 e. The molecule has 0 spiro atoms. The summed E-state index contributed by atoms with van der Waals surface area (Å²) in [6.07, 6.45) is 0.188. The fraction of sp³-hybridized carbons (Fsp3) is 0.222. The summed E-state index contributed by atoms with van der Waals surface area (Å²) in [6, 6.07) is 12.1. The van der Waals surface area contributed by atoms with Gasteiger partial charge in [-0.15, -0.1) is 0 Å². The van der Waals surface area contributed by atoms with Crippen molar-refractivity contribution >= 4 is 52.3 Å². The minimum absolute atomic E-state index is 0.0424. The number of anilines is 1. The number of carbonyl (C=O) groups is 2. The fourth-order valence-corrected chi connectivity index (χ4v) is 3.43. The number of amides is 2. The van der Waals surface area contributed by atoms with Gasteiger partial charge in [0.05, 0.1) is 5.92 Å². The van der Waals surface area contributed by atoms with Crippen molar-refractivity contribution in [1.82, 2.24) is 4.90 Å². The Bertz CT molecular complexity index is 788. The van der Waals surface area contributed by atoms with Crippen LogP contribution >= 0.6 is 34.8 Å². The zero-order valence-electron chi connectivity index (χ0n) is 13.1. The number of likely N-dealkylation sites (tertiary alicyclic amines) is 1. The molecule has 2 aromatic carbocycles. The molecule has 2 amide bonds. The second kappa shape index (κ2) is 7.65. The first-order chi connectivity index (χ1) is 11.9. The predicted molar refractivity (Wildman–Crippen MR) is 100 cm³/mol. The molecule has 0 saturated carbocycles. The predicted octanol–water partition coefficient (Wildman–Crippen LogP) is 4.63. The highest BCUT2D eigenvalue weighted by Crippen LogP contribution is 2.25. The molecule has 1 N–H and O–H groups in total. The van der Waals surface area contributed by atoms with Crippen LogP contribution in [0.25, 0.3) is 0 Å². The maximum absolute atomic E-state index is 12.4. The van der Waals surface area contributed by atoms with Gasteiger partial charge in [0.2, 0.25) is 11.8 Å². The van der Waals surface area contributed by atoms with E-state index >= 15 is 0 Å². The van der Waals surface area contributed by atoms with E-state index in [9.17, 15) is 9.59 Å². The molecule has 0 aromatic heterocycles. The van der Waals surface area contributed by atoms with Gasteiger partial charge in [-0.1, -0.05) is 46.9 Å². The highest BCUT2D eigenvalue weighted by atomic mass is 35.5. The summed E-state index contributed by atoms with van der Waals surface area (Å²) in [5, 5.41) is 4.30. The number of nitrogens with zero attached hydrogens (tertiary/aromatic N) is 1. The molecule has 1 atom stereocenters. The minimum Gasteiger partial charge on any atom is -0.338 e. The summed E-state index contributed by atoms with van der Waals surface area (Å²) in [6.45, 7) is 0.838. The molecule has 3 rings (SSSR count). The first kappa shape index (κ1) is 18.1. The fourth-order valence-electron chi connectivity index (χ4n) is 2.78. The first-order valence-electron chi connectivity index (χ1n) is 7.70. The standard InChI is InChI=1S/C18H15Cl3N2O2/c19-13-3-1-11(2-4-13)9-23-10-12(5-17(23)24)18(25)22-16-7-14(20)6-15(21)8-16/h1-4,6-8,12H,5,9-10H2,(H,22,25). The normalized spacial score (nSPS) is 17.0. The lowest BCUT2D eigenvalue weighted by Gasteiger charge is -2.17. The average Bonchev–Trinajstić information content (AvgIpc) is 2.90. The van der Waals surface area contributed by atoms with E-state index in [2.05, 4.69) is 5.32 Å². The lowest BCUT2D eigenvalue weighted by molar-refractivity contribution is -0.128. The van der Waals surface area contributed by atoms with Crippen LogP contribution in [0.4, 0.5) is 5.69 Å². The number of benzene rings is 2. The second-order valence-electron chi connectivity index (χ2n) is 5.95. The van der Waals surface area contributed by atoms with Gasteiger partial charge in [-0.3, -0.25) is 9.59 Å². The second-order valence-corrected chi connectivity index (χ2v) is 7.26. The first-order valence-corrected chi connectivity index (χ1v) is 8.83. The van der Waals surface area contributed by atoms with E-state index in [-0.39, 0.29) is 18.2 Å². The Kier molecular flexibility index (Phi) is 5.52. The molecule has 1 saturated heterocycles. The smallest absolute Gasteiger partial charge is 0.229 e. The molecule has 4 nitrogen and oxygen atoms in total. The van der Waals surface area contributed by atoms with Crippen molar-refractivity contribution in [3.05, 3.63) is 63.1 Å². The Balaban J connectivity index is 1.63. The summed E-state index contributed by atoms with van der Waals surface area (Å²) in [7, 11) is 0. The van der Waals surface area contributed by atoms with Gasteiger partial charge in [-0.05, 0) is 35.9 Å². The zero-order chi connectivity index (χ0) is 18.0. The molecule has 0 radical (unpaired) electrons. The summed E-state index contributed by atoms with van der Waals surface area (Å²) in [5.41, 5.74) is 1.49. The third-order valence-electron chi connectivity index (χ3n) is 4.00.